The Labute approximate surface area is 130 Å². The fourth-order valence-corrected chi connectivity index (χ4v) is 2.34. The van der Waals surface area contributed by atoms with Crippen LogP contribution in [0.2, 0.25) is 0 Å². The molecule has 0 radical (unpaired) electrons. The number of carbonyl (C=O) groups excluding carboxylic acids is 2. The molecule has 0 aliphatic heterocycles. The number of methoxy groups -OCH3 is 1. The average Bonchev–Trinajstić information content (AvgIpc) is 2.56. The van der Waals surface area contributed by atoms with Gasteiger partial charge in [-0.1, -0.05) is 61.5 Å². The van der Waals surface area contributed by atoms with Crippen LogP contribution >= 0.6 is 0 Å². The Morgan fingerprint density at radius 3 is 2.14 bits per heavy atom. The van der Waals surface area contributed by atoms with Gasteiger partial charge in [0.25, 0.3) is 0 Å². The van der Waals surface area contributed by atoms with E-state index in [4.69, 9.17) is 4.74 Å². The van der Waals surface area contributed by atoms with E-state index < -0.39 is 0 Å². The largest absolute Gasteiger partial charge is 0.469 e. The van der Waals surface area contributed by atoms with Crippen molar-refractivity contribution in [3.05, 3.63) is 71.3 Å². The van der Waals surface area contributed by atoms with Crippen molar-refractivity contribution in [3.8, 4) is 0 Å². The first-order chi connectivity index (χ1) is 10.6. The van der Waals surface area contributed by atoms with E-state index >= 15 is 0 Å². The van der Waals surface area contributed by atoms with Gasteiger partial charge in [-0.05, 0) is 17.5 Å². The minimum absolute atomic E-state index is 0.108. The molecule has 0 saturated carbocycles. The summed E-state index contributed by atoms with van der Waals surface area (Å²) in [4.78, 5) is 23.6. The van der Waals surface area contributed by atoms with Gasteiger partial charge >= 0.3 is 5.97 Å². The predicted octanol–water partition coefficient (Wildman–Crippen LogP) is 3.46. The molecule has 22 heavy (non-hydrogen) atoms. The molecule has 1 atom stereocenters. The third kappa shape index (κ3) is 4.29. The summed E-state index contributed by atoms with van der Waals surface area (Å²) in [5.74, 6) is -0.263. The molecule has 0 aliphatic carbocycles. The third-order valence-electron chi connectivity index (χ3n) is 3.63. The van der Waals surface area contributed by atoms with Crippen molar-refractivity contribution in [3.63, 3.8) is 0 Å². The molecule has 0 aromatic heterocycles. The van der Waals surface area contributed by atoms with Gasteiger partial charge in [-0.25, -0.2) is 0 Å². The number of hydrogen-bond acceptors (Lipinski definition) is 3. The number of ketones is 1. The van der Waals surface area contributed by atoms with E-state index in [1.54, 1.807) is 0 Å². The van der Waals surface area contributed by atoms with Crippen LogP contribution in [0, 0.1) is 5.92 Å². The van der Waals surface area contributed by atoms with Crippen LogP contribution < -0.4 is 0 Å². The highest BCUT2D eigenvalue weighted by Gasteiger charge is 2.13. The summed E-state index contributed by atoms with van der Waals surface area (Å²) in [6, 6.07) is 17.1. The first kappa shape index (κ1) is 16.0. The van der Waals surface area contributed by atoms with Gasteiger partial charge in [0.2, 0.25) is 0 Å². The van der Waals surface area contributed by atoms with Gasteiger partial charge in [0.15, 0.2) is 5.78 Å². The summed E-state index contributed by atoms with van der Waals surface area (Å²) in [5.41, 5.74) is 2.77. The summed E-state index contributed by atoms with van der Waals surface area (Å²) < 4.78 is 4.73. The van der Waals surface area contributed by atoms with Crippen LogP contribution in [0.1, 0.15) is 28.4 Å². The summed E-state index contributed by atoms with van der Waals surface area (Å²) in [5, 5.41) is 0. The van der Waals surface area contributed by atoms with Gasteiger partial charge in [-0.2, -0.15) is 0 Å². The topological polar surface area (TPSA) is 43.4 Å². The maximum atomic E-state index is 12.1. The van der Waals surface area contributed by atoms with Crippen molar-refractivity contribution in [1.29, 1.82) is 0 Å². The van der Waals surface area contributed by atoms with Gasteiger partial charge in [-0.15, -0.1) is 0 Å². The second-order valence-electron chi connectivity index (χ2n) is 5.41. The van der Waals surface area contributed by atoms with E-state index in [1.165, 1.54) is 7.11 Å². The molecule has 3 heteroatoms. The number of hydrogen-bond donors (Lipinski definition) is 0. The zero-order valence-electron chi connectivity index (χ0n) is 12.9. The van der Waals surface area contributed by atoms with Crippen molar-refractivity contribution in [1.82, 2.24) is 0 Å². The molecule has 0 amide bonds. The monoisotopic (exact) mass is 296 g/mol. The lowest BCUT2D eigenvalue weighted by atomic mass is 9.98. The molecular weight excluding hydrogens is 276 g/mol. The molecule has 2 aromatic rings. The van der Waals surface area contributed by atoms with Crippen molar-refractivity contribution < 1.29 is 14.3 Å². The zero-order chi connectivity index (χ0) is 15.9. The summed E-state index contributed by atoms with van der Waals surface area (Å²) in [6.07, 6.45) is 1.02. The molecule has 3 nitrogen and oxygen atoms in total. The molecule has 0 heterocycles. The van der Waals surface area contributed by atoms with Crippen LogP contribution in [0.4, 0.5) is 0 Å². The van der Waals surface area contributed by atoms with E-state index in [0.717, 1.165) is 16.7 Å². The fourth-order valence-electron chi connectivity index (χ4n) is 2.34. The second kappa shape index (κ2) is 7.55. The van der Waals surface area contributed by atoms with E-state index in [2.05, 4.69) is 0 Å². The van der Waals surface area contributed by atoms with Crippen molar-refractivity contribution >= 4 is 11.8 Å². The molecule has 2 aromatic carbocycles. The third-order valence-corrected chi connectivity index (χ3v) is 3.63. The highest BCUT2D eigenvalue weighted by atomic mass is 16.5. The van der Waals surface area contributed by atoms with Crippen molar-refractivity contribution in [2.45, 2.75) is 19.8 Å². The Balaban J connectivity index is 1.97. The minimum Gasteiger partial charge on any atom is -0.469 e. The summed E-state index contributed by atoms with van der Waals surface area (Å²) in [6.45, 7) is 1.85. The van der Waals surface area contributed by atoms with Crippen LogP contribution in [0.5, 0.6) is 0 Å². The molecule has 0 aliphatic rings. The predicted molar refractivity (Wildman–Crippen MR) is 85.8 cm³/mol. The first-order valence-corrected chi connectivity index (χ1v) is 7.34. The highest BCUT2D eigenvalue weighted by molar-refractivity contribution is 5.97. The number of ether oxygens (including phenoxy) is 1. The SMILES string of the molecule is COC(=O)[C@H](C)Cc1ccc(CC(=O)c2ccccc2)cc1. The van der Waals surface area contributed by atoms with E-state index in [-0.39, 0.29) is 17.7 Å². The highest BCUT2D eigenvalue weighted by Crippen LogP contribution is 2.13. The fraction of sp³-hybridized carbons (Fsp3) is 0.263. The van der Waals surface area contributed by atoms with E-state index in [1.807, 2.05) is 61.5 Å². The van der Waals surface area contributed by atoms with Crippen LogP contribution in [0.3, 0.4) is 0 Å². The number of benzene rings is 2. The normalized spacial score (nSPS) is 11.7. The van der Waals surface area contributed by atoms with Crippen LogP contribution in [-0.4, -0.2) is 18.9 Å². The molecule has 0 fully saturated rings. The number of esters is 1. The maximum Gasteiger partial charge on any atom is 0.308 e. The molecular formula is C19H20O3. The second-order valence-corrected chi connectivity index (χ2v) is 5.41. The molecule has 0 spiro atoms. The van der Waals surface area contributed by atoms with Gasteiger partial charge in [0.1, 0.15) is 0 Å². The zero-order valence-corrected chi connectivity index (χ0v) is 12.9. The maximum absolute atomic E-state index is 12.1. The molecule has 2 rings (SSSR count). The summed E-state index contributed by atoms with van der Waals surface area (Å²) in [7, 11) is 1.40. The van der Waals surface area contributed by atoms with Crippen LogP contribution in [-0.2, 0) is 22.4 Å². The van der Waals surface area contributed by atoms with Gasteiger partial charge in [-0.3, -0.25) is 9.59 Å². The van der Waals surface area contributed by atoms with Crippen molar-refractivity contribution in [2.75, 3.05) is 7.11 Å². The molecule has 0 saturated heterocycles. The minimum atomic E-state index is -0.205. The first-order valence-electron chi connectivity index (χ1n) is 7.34. The van der Waals surface area contributed by atoms with Gasteiger partial charge in [0, 0.05) is 12.0 Å². The van der Waals surface area contributed by atoms with Gasteiger partial charge in [0.05, 0.1) is 13.0 Å². The number of Topliss-reactive ketones (excluding diaryl/α,β-unsaturated/α-hetero) is 1. The molecule has 0 N–H and O–H groups in total. The lowest BCUT2D eigenvalue weighted by Gasteiger charge is -2.09. The number of carbonyl (C=O) groups is 2. The lowest BCUT2D eigenvalue weighted by molar-refractivity contribution is -0.144. The van der Waals surface area contributed by atoms with Crippen molar-refractivity contribution in [2.24, 2.45) is 5.92 Å². The molecule has 0 bridgehead atoms. The quantitative estimate of drug-likeness (QED) is 0.605. The Hall–Kier alpha value is -2.42. The molecule has 114 valence electrons. The smallest absolute Gasteiger partial charge is 0.308 e. The Kier molecular flexibility index (Phi) is 5.48. The Morgan fingerprint density at radius 1 is 0.955 bits per heavy atom. The Bertz CT molecular complexity index is 629. The van der Waals surface area contributed by atoms with E-state index in [9.17, 15) is 9.59 Å². The Morgan fingerprint density at radius 2 is 1.55 bits per heavy atom. The van der Waals surface area contributed by atoms with Crippen LogP contribution in [0.15, 0.2) is 54.6 Å². The van der Waals surface area contributed by atoms with Crippen LogP contribution in [0.25, 0.3) is 0 Å². The summed E-state index contributed by atoms with van der Waals surface area (Å²) >= 11 is 0. The van der Waals surface area contributed by atoms with E-state index in [0.29, 0.717) is 12.8 Å². The number of rotatable bonds is 6. The molecule has 0 unspecified atom stereocenters. The van der Waals surface area contributed by atoms with Gasteiger partial charge < -0.3 is 4.74 Å². The lowest BCUT2D eigenvalue weighted by Crippen LogP contribution is -2.15. The average molecular weight is 296 g/mol. The standard InChI is InChI=1S/C19H20O3/c1-14(19(21)22-2)12-15-8-10-16(11-9-15)13-18(20)17-6-4-3-5-7-17/h3-11,14H,12-13H2,1-2H3/t14-/m1/s1.